The maximum atomic E-state index is 11.8. The van der Waals surface area contributed by atoms with Crippen molar-refractivity contribution in [2.45, 2.75) is 25.3 Å². The zero-order chi connectivity index (χ0) is 15.2. The average Bonchev–Trinajstić information content (AvgIpc) is 2.87. The molecular formula is C15H16N2O3S. The highest BCUT2D eigenvalue weighted by Gasteiger charge is 2.18. The molecule has 1 heterocycles. The van der Waals surface area contributed by atoms with Gasteiger partial charge in [-0.15, -0.1) is 17.9 Å². The molecule has 1 unspecified atom stereocenters. The summed E-state index contributed by atoms with van der Waals surface area (Å²) in [6.45, 7) is 3.49. The number of hydrogen-bond donors (Lipinski definition) is 2. The number of nitrogens with one attached hydrogen (secondary N) is 1. The van der Waals surface area contributed by atoms with E-state index in [1.165, 1.54) is 6.08 Å². The molecular weight excluding hydrogens is 288 g/mol. The summed E-state index contributed by atoms with van der Waals surface area (Å²) in [6.07, 6.45) is 2.42. The number of benzene rings is 1. The van der Waals surface area contributed by atoms with Crippen molar-refractivity contribution in [3.8, 4) is 0 Å². The fourth-order valence-corrected chi connectivity index (χ4v) is 2.87. The van der Waals surface area contributed by atoms with Crippen molar-refractivity contribution < 1.29 is 14.7 Å². The van der Waals surface area contributed by atoms with Crippen LogP contribution >= 0.6 is 11.3 Å². The van der Waals surface area contributed by atoms with E-state index in [9.17, 15) is 9.59 Å². The summed E-state index contributed by atoms with van der Waals surface area (Å²) >= 11 is 1.55. The van der Waals surface area contributed by atoms with E-state index in [1.54, 1.807) is 11.3 Å². The molecule has 0 saturated heterocycles. The number of thiazole rings is 1. The Morgan fingerprint density at radius 3 is 2.86 bits per heavy atom. The minimum Gasteiger partial charge on any atom is -0.480 e. The van der Waals surface area contributed by atoms with Crippen LogP contribution in [0.25, 0.3) is 10.2 Å². The third kappa shape index (κ3) is 4.13. The topological polar surface area (TPSA) is 79.3 Å². The molecule has 0 saturated carbocycles. The van der Waals surface area contributed by atoms with Gasteiger partial charge in [0.05, 0.1) is 15.2 Å². The van der Waals surface area contributed by atoms with Crippen LogP contribution in [0.15, 0.2) is 36.9 Å². The molecule has 5 nitrogen and oxygen atoms in total. The lowest BCUT2D eigenvalue weighted by Gasteiger charge is -2.11. The Labute approximate surface area is 126 Å². The Kier molecular flexibility index (Phi) is 5.05. The van der Waals surface area contributed by atoms with E-state index < -0.39 is 12.0 Å². The van der Waals surface area contributed by atoms with Crippen LogP contribution in [0.2, 0.25) is 0 Å². The van der Waals surface area contributed by atoms with Gasteiger partial charge in [0, 0.05) is 12.8 Å². The number of nitrogens with zero attached hydrogens (tertiary/aromatic N) is 1. The number of fused-ring (bicyclic) bond motifs is 1. The molecule has 0 aliphatic heterocycles. The first kappa shape index (κ1) is 15.2. The zero-order valence-corrected chi connectivity index (χ0v) is 12.2. The predicted octanol–water partition coefficient (Wildman–Crippen LogP) is 2.37. The zero-order valence-electron chi connectivity index (χ0n) is 11.4. The lowest BCUT2D eigenvalue weighted by atomic mass is 10.2. The first-order chi connectivity index (χ1) is 10.1. The standard InChI is InChI=1S/C15H16N2O3S/c1-2-5-11(15(19)20)16-13(18)8-9-14-17-10-6-3-4-7-12(10)21-14/h2-4,6-7,11H,1,5,8-9H2,(H,16,18)(H,19,20). The van der Waals surface area contributed by atoms with Crippen molar-refractivity contribution in [1.82, 2.24) is 10.3 Å². The van der Waals surface area contributed by atoms with E-state index in [0.29, 0.717) is 6.42 Å². The molecule has 2 rings (SSSR count). The van der Waals surface area contributed by atoms with Crippen molar-refractivity contribution >= 4 is 33.4 Å². The lowest BCUT2D eigenvalue weighted by molar-refractivity contribution is -0.141. The predicted molar refractivity (Wildman–Crippen MR) is 82.3 cm³/mol. The average molecular weight is 304 g/mol. The SMILES string of the molecule is C=CCC(NC(=O)CCc1nc2ccccc2s1)C(=O)O. The van der Waals surface area contributed by atoms with Crippen molar-refractivity contribution in [2.24, 2.45) is 0 Å². The summed E-state index contributed by atoms with van der Waals surface area (Å²) in [5, 5.41) is 12.3. The Morgan fingerprint density at radius 1 is 1.43 bits per heavy atom. The summed E-state index contributed by atoms with van der Waals surface area (Å²) in [5.74, 6) is -1.34. The van der Waals surface area contributed by atoms with Gasteiger partial charge in [-0.05, 0) is 18.6 Å². The number of aromatic nitrogens is 1. The third-order valence-electron chi connectivity index (χ3n) is 2.94. The fourth-order valence-electron chi connectivity index (χ4n) is 1.90. The lowest BCUT2D eigenvalue weighted by Crippen LogP contribution is -2.40. The highest BCUT2D eigenvalue weighted by molar-refractivity contribution is 7.18. The number of carbonyl (C=O) groups is 2. The number of carboxylic acids is 1. The van der Waals surface area contributed by atoms with Crippen LogP contribution in [0.3, 0.4) is 0 Å². The molecule has 21 heavy (non-hydrogen) atoms. The van der Waals surface area contributed by atoms with Crippen LogP contribution in [-0.4, -0.2) is 28.0 Å². The normalized spacial score (nSPS) is 12.0. The Hall–Kier alpha value is -2.21. The molecule has 110 valence electrons. The Balaban J connectivity index is 1.91. The highest BCUT2D eigenvalue weighted by atomic mass is 32.1. The third-order valence-corrected chi connectivity index (χ3v) is 4.04. The summed E-state index contributed by atoms with van der Waals surface area (Å²) in [4.78, 5) is 27.2. The van der Waals surface area contributed by atoms with Crippen molar-refractivity contribution in [1.29, 1.82) is 0 Å². The molecule has 0 aliphatic rings. The summed E-state index contributed by atoms with van der Waals surface area (Å²) < 4.78 is 1.09. The molecule has 1 aromatic heterocycles. The number of carboxylic acid groups (broad SMARTS) is 1. The van der Waals surface area contributed by atoms with Gasteiger partial charge < -0.3 is 10.4 Å². The van der Waals surface area contributed by atoms with Crippen molar-refractivity contribution in [3.63, 3.8) is 0 Å². The maximum Gasteiger partial charge on any atom is 0.326 e. The van der Waals surface area contributed by atoms with E-state index in [-0.39, 0.29) is 18.7 Å². The van der Waals surface area contributed by atoms with Gasteiger partial charge in [-0.1, -0.05) is 18.2 Å². The number of amides is 1. The van der Waals surface area contributed by atoms with Crippen molar-refractivity contribution in [2.75, 3.05) is 0 Å². The van der Waals surface area contributed by atoms with E-state index in [1.807, 2.05) is 24.3 Å². The van der Waals surface area contributed by atoms with Crippen LogP contribution in [0.5, 0.6) is 0 Å². The smallest absolute Gasteiger partial charge is 0.326 e. The highest BCUT2D eigenvalue weighted by Crippen LogP contribution is 2.22. The van der Waals surface area contributed by atoms with Gasteiger partial charge in [0.2, 0.25) is 5.91 Å². The summed E-state index contributed by atoms with van der Waals surface area (Å²) in [7, 11) is 0. The molecule has 0 bridgehead atoms. The van der Waals surface area contributed by atoms with Gasteiger partial charge in [-0.3, -0.25) is 4.79 Å². The molecule has 0 fully saturated rings. The number of carbonyl (C=O) groups excluding carboxylic acids is 1. The van der Waals surface area contributed by atoms with Gasteiger partial charge in [-0.25, -0.2) is 9.78 Å². The fraction of sp³-hybridized carbons (Fsp3) is 0.267. The van der Waals surface area contributed by atoms with Crippen LogP contribution in [0.4, 0.5) is 0 Å². The molecule has 2 N–H and O–H groups in total. The second kappa shape index (κ2) is 6.99. The molecule has 0 spiro atoms. The van der Waals surface area contributed by atoms with Gasteiger partial charge in [0.15, 0.2) is 0 Å². The van der Waals surface area contributed by atoms with Crippen molar-refractivity contribution in [3.05, 3.63) is 41.9 Å². The second-order valence-electron chi connectivity index (χ2n) is 4.56. The molecule has 0 aliphatic carbocycles. The van der Waals surface area contributed by atoms with Crippen LogP contribution in [-0.2, 0) is 16.0 Å². The molecule has 6 heteroatoms. The van der Waals surface area contributed by atoms with Gasteiger partial charge in [-0.2, -0.15) is 0 Å². The van der Waals surface area contributed by atoms with E-state index in [4.69, 9.17) is 5.11 Å². The monoisotopic (exact) mass is 304 g/mol. The number of rotatable bonds is 7. The molecule has 1 amide bonds. The summed E-state index contributed by atoms with van der Waals surface area (Å²) in [6, 6.07) is 6.88. The largest absolute Gasteiger partial charge is 0.480 e. The number of aryl methyl sites for hydroxylation is 1. The molecule has 1 atom stereocenters. The number of aliphatic carboxylic acids is 1. The molecule has 0 radical (unpaired) electrons. The molecule has 2 aromatic rings. The van der Waals surface area contributed by atoms with E-state index in [2.05, 4.69) is 16.9 Å². The quantitative estimate of drug-likeness (QED) is 0.770. The Morgan fingerprint density at radius 2 is 2.19 bits per heavy atom. The van der Waals surface area contributed by atoms with Crippen LogP contribution in [0.1, 0.15) is 17.8 Å². The summed E-state index contributed by atoms with van der Waals surface area (Å²) in [5.41, 5.74) is 0.924. The maximum absolute atomic E-state index is 11.8. The Bertz CT molecular complexity index is 633. The van der Waals surface area contributed by atoms with Crippen LogP contribution < -0.4 is 5.32 Å². The minimum absolute atomic E-state index is 0.211. The second-order valence-corrected chi connectivity index (χ2v) is 5.67. The number of hydrogen-bond acceptors (Lipinski definition) is 4. The number of para-hydroxylation sites is 1. The minimum atomic E-state index is -1.05. The first-order valence-electron chi connectivity index (χ1n) is 6.57. The molecule has 1 aromatic carbocycles. The van der Waals surface area contributed by atoms with Crippen LogP contribution in [0, 0.1) is 0 Å². The van der Waals surface area contributed by atoms with E-state index >= 15 is 0 Å². The van der Waals surface area contributed by atoms with Gasteiger partial charge in [0.1, 0.15) is 6.04 Å². The van der Waals surface area contributed by atoms with Gasteiger partial charge in [0.25, 0.3) is 0 Å². The first-order valence-corrected chi connectivity index (χ1v) is 7.39. The van der Waals surface area contributed by atoms with E-state index in [0.717, 1.165) is 15.2 Å². The van der Waals surface area contributed by atoms with Gasteiger partial charge >= 0.3 is 5.97 Å².